The average Bonchev–Trinajstić information content (AvgIpc) is 3.34. The van der Waals surface area contributed by atoms with Crippen molar-refractivity contribution in [3.63, 3.8) is 0 Å². The molecular formula is C29H22Cl3N5OS. The molecule has 0 unspecified atom stereocenters. The summed E-state index contributed by atoms with van der Waals surface area (Å²) in [6, 6.07) is 30.1. The van der Waals surface area contributed by atoms with Crippen LogP contribution in [-0.4, -0.2) is 26.4 Å². The Kier molecular flexibility index (Phi) is 8.74. The van der Waals surface area contributed by atoms with Crippen LogP contribution in [0.2, 0.25) is 15.1 Å². The normalized spacial score (nSPS) is 10.8. The van der Waals surface area contributed by atoms with Crippen LogP contribution in [0.1, 0.15) is 11.4 Å². The van der Waals surface area contributed by atoms with Crippen LogP contribution in [-0.2, 0) is 11.2 Å². The van der Waals surface area contributed by atoms with E-state index in [1.54, 1.807) is 42.5 Å². The van der Waals surface area contributed by atoms with Crippen molar-refractivity contribution in [2.24, 2.45) is 0 Å². The molecule has 0 fully saturated rings. The van der Waals surface area contributed by atoms with Gasteiger partial charge < -0.3 is 10.6 Å². The van der Waals surface area contributed by atoms with Gasteiger partial charge >= 0.3 is 0 Å². The van der Waals surface area contributed by atoms with E-state index in [2.05, 4.69) is 20.8 Å². The quantitative estimate of drug-likeness (QED) is 0.168. The second kappa shape index (κ2) is 12.6. The third-order valence-electron chi connectivity index (χ3n) is 5.76. The maximum Gasteiger partial charge on any atom is 0.234 e. The van der Waals surface area contributed by atoms with E-state index in [1.807, 2.05) is 59.2 Å². The average molecular weight is 595 g/mol. The van der Waals surface area contributed by atoms with Crippen molar-refractivity contribution in [2.45, 2.75) is 11.6 Å². The Labute approximate surface area is 245 Å². The minimum absolute atomic E-state index is 0.155. The molecule has 1 heterocycles. The molecule has 196 valence electrons. The van der Waals surface area contributed by atoms with E-state index in [4.69, 9.17) is 34.8 Å². The summed E-state index contributed by atoms with van der Waals surface area (Å²) in [7, 11) is 0. The van der Waals surface area contributed by atoms with E-state index in [0.29, 0.717) is 38.0 Å². The second-order valence-electron chi connectivity index (χ2n) is 8.47. The topological polar surface area (TPSA) is 71.8 Å². The highest BCUT2D eigenvalue weighted by Gasteiger charge is 2.18. The minimum Gasteiger partial charge on any atom is -0.353 e. The van der Waals surface area contributed by atoms with Crippen molar-refractivity contribution in [3.8, 4) is 5.69 Å². The van der Waals surface area contributed by atoms with E-state index >= 15 is 0 Å². The molecule has 0 aliphatic rings. The lowest BCUT2D eigenvalue weighted by atomic mass is 10.1. The van der Waals surface area contributed by atoms with Crippen LogP contribution in [0.15, 0.2) is 102 Å². The Hall–Kier alpha value is -3.49. The lowest BCUT2D eigenvalue weighted by molar-refractivity contribution is -0.113. The van der Waals surface area contributed by atoms with Crippen LogP contribution in [0, 0.1) is 0 Å². The summed E-state index contributed by atoms with van der Waals surface area (Å²) < 4.78 is 1.97. The van der Waals surface area contributed by atoms with Gasteiger partial charge in [0, 0.05) is 28.5 Å². The Balaban J connectivity index is 1.40. The van der Waals surface area contributed by atoms with Gasteiger partial charge in [0.2, 0.25) is 5.91 Å². The van der Waals surface area contributed by atoms with Gasteiger partial charge in [-0.2, -0.15) is 0 Å². The number of benzene rings is 4. The number of hydrogen-bond donors (Lipinski definition) is 2. The van der Waals surface area contributed by atoms with Crippen molar-refractivity contribution >= 4 is 69.5 Å². The third-order valence-corrected chi connectivity index (χ3v) is 7.57. The molecule has 39 heavy (non-hydrogen) atoms. The first-order chi connectivity index (χ1) is 19.0. The first-order valence-electron chi connectivity index (χ1n) is 11.9. The van der Waals surface area contributed by atoms with Crippen molar-refractivity contribution in [3.05, 3.63) is 124 Å². The summed E-state index contributed by atoms with van der Waals surface area (Å²) >= 11 is 20.1. The zero-order valence-electron chi connectivity index (χ0n) is 20.4. The summed E-state index contributed by atoms with van der Waals surface area (Å²) in [6.07, 6.45) is 0.477. The molecule has 5 aromatic rings. The number of anilines is 3. The van der Waals surface area contributed by atoms with Gasteiger partial charge in [0.05, 0.1) is 21.5 Å². The SMILES string of the molecule is O=C(CSc1nnc(Cc2ccccc2Nc2c(Cl)cccc2Cl)n1-c1ccccc1)Nc1ccc(Cl)cc1. The van der Waals surface area contributed by atoms with E-state index in [1.165, 1.54) is 11.8 Å². The fraction of sp³-hybridized carbons (Fsp3) is 0.0690. The molecule has 0 saturated carbocycles. The molecule has 6 nitrogen and oxygen atoms in total. The number of hydrogen-bond acceptors (Lipinski definition) is 5. The molecule has 0 saturated heterocycles. The maximum absolute atomic E-state index is 12.6. The first kappa shape index (κ1) is 27.1. The van der Waals surface area contributed by atoms with Crippen molar-refractivity contribution < 1.29 is 4.79 Å². The van der Waals surface area contributed by atoms with E-state index in [0.717, 1.165) is 22.8 Å². The van der Waals surface area contributed by atoms with Crippen molar-refractivity contribution in [1.82, 2.24) is 14.8 Å². The number of halogens is 3. The molecule has 1 aromatic heterocycles. The van der Waals surface area contributed by atoms with Crippen LogP contribution in [0.25, 0.3) is 5.69 Å². The molecule has 5 rings (SSSR count). The van der Waals surface area contributed by atoms with Gasteiger partial charge in [-0.3, -0.25) is 9.36 Å². The lowest BCUT2D eigenvalue weighted by Gasteiger charge is -2.15. The van der Waals surface area contributed by atoms with Crippen LogP contribution in [0.3, 0.4) is 0 Å². The molecule has 4 aromatic carbocycles. The van der Waals surface area contributed by atoms with Gasteiger partial charge in [0.25, 0.3) is 0 Å². The highest BCUT2D eigenvalue weighted by atomic mass is 35.5. The van der Waals surface area contributed by atoms with Crippen LogP contribution < -0.4 is 10.6 Å². The number of nitrogens with zero attached hydrogens (tertiary/aromatic N) is 3. The smallest absolute Gasteiger partial charge is 0.234 e. The molecule has 1 amide bonds. The van der Waals surface area contributed by atoms with Crippen molar-refractivity contribution in [2.75, 3.05) is 16.4 Å². The highest BCUT2D eigenvalue weighted by Crippen LogP contribution is 2.34. The number of aromatic nitrogens is 3. The van der Waals surface area contributed by atoms with Crippen LogP contribution in [0.4, 0.5) is 17.1 Å². The second-order valence-corrected chi connectivity index (χ2v) is 10.7. The molecule has 0 bridgehead atoms. The molecule has 0 aliphatic carbocycles. The van der Waals surface area contributed by atoms with E-state index in [-0.39, 0.29) is 11.7 Å². The Bertz CT molecular complexity index is 1570. The van der Waals surface area contributed by atoms with Gasteiger partial charge in [-0.1, -0.05) is 89.0 Å². The number of carbonyl (C=O) groups is 1. The number of rotatable bonds is 9. The van der Waals surface area contributed by atoms with Gasteiger partial charge in [-0.05, 0) is 60.2 Å². The third kappa shape index (κ3) is 6.75. The summed E-state index contributed by atoms with van der Waals surface area (Å²) in [5.41, 5.74) is 4.05. The predicted octanol–water partition coefficient (Wildman–Crippen LogP) is 8.29. The molecule has 10 heteroatoms. The first-order valence-corrected chi connectivity index (χ1v) is 14.1. The number of thioether (sulfide) groups is 1. The van der Waals surface area contributed by atoms with Gasteiger partial charge in [0.15, 0.2) is 5.16 Å². The molecule has 0 aliphatic heterocycles. The van der Waals surface area contributed by atoms with Gasteiger partial charge in [-0.25, -0.2) is 0 Å². The molecule has 0 atom stereocenters. The molecular weight excluding hydrogens is 573 g/mol. The number of carbonyl (C=O) groups excluding carboxylic acids is 1. The van der Waals surface area contributed by atoms with E-state index in [9.17, 15) is 4.79 Å². The Morgan fingerprint density at radius 3 is 2.23 bits per heavy atom. The zero-order valence-corrected chi connectivity index (χ0v) is 23.5. The molecule has 2 N–H and O–H groups in total. The predicted molar refractivity (Wildman–Crippen MR) is 161 cm³/mol. The minimum atomic E-state index is -0.155. The fourth-order valence-corrected chi connectivity index (χ4v) is 5.31. The summed E-state index contributed by atoms with van der Waals surface area (Å²) in [5.74, 6) is 0.732. The maximum atomic E-state index is 12.6. The largest absolute Gasteiger partial charge is 0.353 e. The van der Waals surface area contributed by atoms with Crippen LogP contribution in [0.5, 0.6) is 0 Å². The zero-order chi connectivity index (χ0) is 27.2. The Morgan fingerprint density at radius 2 is 1.49 bits per heavy atom. The van der Waals surface area contributed by atoms with Gasteiger partial charge in [0.1, 0.15) is 5.82 Å². The summed E-state index contributed by atoms with van der Waals surface area (Å²) in [5, 5.41) is 17.5. The Morgan fingerprint density at radius 1 is 0.795 bits per heavy atom. The number of amides is 1. The van der Waals surface area contributed by atoms with E-state index < -0.39 is 0 Å². The fourth-order valence-electron chi connectivity index (χ4n) is 3.92. The standard InChI is InChI=1S/C29H22Cl3N5OS/c30-20-13-15-21(16-14-20)33-27(38)18-39-29-36-35-26(37(29)22-8-2-1-3-9-22)17-19-7-4-5-12-25(19)34-28-23(31)10-6-11-24(28)32/h1-16,34H,17-18H2,(H,33,38). The van der Waals surface area contributed by atoms with Crippen molar-refractivity contribution in [1.29, 1.82) is 0 Å². The van der Waals surface area contributed by atoms with Gasteiger partial charge in [-0.15, -0.1) is 10.2 Å². The lowest BCUT2D eigenvalue weighted by Crippen LogP contribution is -2.14. The summed E-state index contributed by atoms with van der Waals surface area (Å²) in [4.78, 5) is 12.6. The molecule has 0 spiro atoms. The monoisotopic (exact) mass is 593 g/mol. The molecule has 0 radical (unpaired) electrons. The van der Waals surface area contributed by atoms with Crippen LogP contribution >= 0.6 is 46.6 Å². The number of nitrogens with one attached hydrogen (secondary N) is 2. The summed E-state index contributed by atoms with van der Waals surface area (Å²) in [6.45, 7) is 0. The highest BCUT2D eigenvalue weighted by molar-refractivity contribution is 7.99. The number of para-hydroxylation sites is 3.